The first kappa shape index (κ1) is 17.2. The molecule has 2 N–H and O–H groups in total. The van der Waals surface area contributed by atoms with Gasteiger partial charge in [0.05, 0.1) is 22.0 Å². The molecule has 0 radical (unpaired) electrons. The number of carbonyl (C=O) groups is 2. The predicted molar refractivity (Wildman–Crippen MR) is 85.1 cm³/mol. The molecule has 0 aliphatic carbocycles. The highest BCUT2D eigenvalue weighted by Crippen LogP contribution is 2.27. The van der Waals surface area contributed by atoms with Crippen LogP contribution in [0, 0.1) is 11.6 Å². The van der Waals surface area contributed by atoms with E-state index in [4.69, 9.17) is 23.2 Å². The van der Waals surface area contributed by atoms with Crippen LogP contribution in [0.5, 0.6) is 0 Å². The molecule has 4 nitrogen and oxygen atoms in total. The van der Waals surface area contributed by atoms with Crippen LogP contribution in [0.1, 0.15) is 17.3 Å². The van der Waals surface area contributed by atoms with Gasteiger partial charge in [0.25, 0.3) is 5.91 Å². The normalized spacial score (nSPS) is 10.3. The Kier molecular flexibility index (Phi) is 5.18. The first-order valence-electron chi connectivity index (χ1n) is 6.31. The minimum Gasteiger partial charge on any atom is -0.324 e. The predicted octanol–water partition coefficient (Wildman–Crippen LogP) is 4.48. The van der Waals surface area contributed by atoms with Gasteiger partial charge in [0.1, 0.15) is 0 Å². The molecule has 0 fully saturated rings. The average Bonchev–Trinajstić information content (AvgIpc) is 2.46. The second kappa shape index (κ2) is 6.93. The summed E-state index contributed by atoms with van der Waals surface area (Å²) in [5.74, 6) is -3.53. The molecule has 8 heteroatoms. The maximum atomic E-state index is 13.4. The second-order valence-corrected chi connectivity index (χ2v) is 5.42. The molecule has 0 bridgehead atoms. The summed E-state index contributed by atoms with van der Waals surface area (Å²) in [5, 5.41) is 5.09. The number of anilines is 2. The maximum absolute atomic E-state index is 13.4. The second-order valence-electron chi connectivity index (χ2n) is 4.57. The molecule has 0 heterocycles. The Labute approximate surface area is 140 Å². The summed E-state index contributed by atoms with van der Waals surface area (Å²) in [5.41, 5.74) is -0.138. The minimum absolute atomic E-state index is 0.0534. The van der Waals surface area contributed by atoms with Crippen LogP contribution >= 0.6 is 23.2 Å². The van der Waals surface area contributed by atoms with Gasteiger partial charge in [-0.05, 0) is 18.2 Å². The zero-order chi connectivity index (χ0) is 17.1. The monoisotopic (exact) mass is 358 g/mol. The first-order valence-corrected chi connectivity index (χ1v) is 7.06. The van der Waals surface area contributed by atoms with E-state index in [2.05, 4.69) is 10.6 Å². The highest BCUT2D eigenvalue weighted by atomic mass is 35.5. The van der Waals surface area contributed by atoms with Crippen LogP contribution in [0.4, 0.5) is 20.2 Å². The Morgan fingerprint density at radius 3 is 2.09 bits per heavy atom. The van der Waals surface area contributed by atoms with Gasteiger partial charge in [-0.25, -0.2) is 8.78 Å². The third-order valence-electron chi connectivity index (χ3n) is 2.79. The summed E-state index contributed by atoms with van der Waals surface area (Å²) >= 11 is 11.7. The summed E-state index contributed by atoms with van der Waals surface area (Å²) in [4.78, 5) is 23.4. The number of halogens is 4. The topological polar surface area (TPSA) is 58.2 Å². The molecule has 0 aliphatic rings. The number of nitrogens with one attached hydrogen (secondary N) is 2. The van der Waals surface area contributed by atoms with Crippen molar-refractivity contribution in [2.24, 2.45) is 0 Å². The lowest BCUT2D eigenvalue weighted by atomic mass is 10.2. The van der Waals surface area contributed by atoms with Gasteiger partial charge < -0.3 is 10.6 Å². The minimum atomic E-state index is -1.17. The van der Waals surface area contributed by atoms with Crippen molar-refractivity contribution in [1.82, 2.24) is 0 Å². The highest BCUT2D eigenvalue weighted by Gasteiger charge is 2.16. The van der Waals surface area contributed by atoms with Crippen molar-refractivity contribution in [3.05, 3.63) is 57.6 Å². The lowest BCUT2D eigenvalue weighted by molar-refractivity contribution is -0.114. The molecular formula is C15H10Cl2F2N2O2. The fourth-order valence-electron chi connectivity index (χ4n) is 1.80. The van der Waals surface area contributed by atoms with Crippen molar-refractivity contribution in [1.29, 1.82) is 0 Å². The molecule has 0 atom stereocenters. The first-order chi connectivity index (χ1) is 10.8. The third kappa shape index (κ3) is 4.18. The van der Waals surface area contributed by atoms with Gasteiger partial charge >= 0.3 is 0 Å². The van der Waals surface area contributed by atoms with E-state index < -0.39 is 23.4 Å². The van der Waals surface area contributed by atoms with Crippen molar-refractivity contribution in [3.8, 4) is 0 Å². The molecule has 2 rings (SSSR count). The van der Waals surface area contributed by atoms with Gasteiger partial charge in [0.2, 0.25) is 5.91 Å². The van der Waals surface area contributed by atoms with Gasteiger partial charge in [-0.1, -0.05) is 23.2 Å². The lowest BCUT2D eigenvalue weighted by Gasteiger charge is -2.13. The Balaban J connectivity index is 2.38. The van der Waals surface area contributed by atoms with E-state index in [1.54, 1.807) is 0 Å². The van der Waals surface area contributed by atoms with E-state index in [9.17, 15) is 18.4 Å². The van der Waals surface area contributed by atoms with Crippen LogP contribution in [0.3, 0.4) is 0 Å². The van der Waals surface area contributed by atoms with Crippen molar-refractivity contribution in [2.75, 3.05) is 10.6 Å². The van der Waals surface area contributed by atoms with E-state index in [0.717, 1.165) is 12.1 Å². The lowest BCUT2D eigenvalue weighted by Crippen LogP contribution is -2.16. The number of rotatable bonds is 3. The molecule has 0 aromatic heterocycles. The Morgan fingerprint density at radius 2 is 1.52 bits per heavy atom. The van der Waals surface area contributed by atoms with Crippen LogP contribution < -0.4 is 10.6 Å². The van der Waals surface area contributed by atoms with Crippen LogP contribution in [-0.2, 0) is 4.79 Å². The van der Waals surface area contributed by atoms with Gasteiger partial charge in [0.15, 0.2) is 11.6 Å². The third-order valence-corrected chi connectivity index (χ3v) is 3.36. The SMILES string of the molecule is CC(=O)Nc1cc(F)c(F)cc1NC(=O)c1cc(Cl)ccc1Cl. The van der Waals surface area contributed by atoms with E-state index in [1.165, 1.54) is 25.1 Å². The Morgan fingerprint density at radius 1 is 0.957 bits per heavy atom. The van der Waals surface area contributed by atoms with Crippen molar-refractivity contribution >= 4 is 46.4 Å². The molecule has 0 saturated carbocycles. The molecule has 2 amide bonds. The summed E-state index contributed by atoms with van der Waals surface area (Å²) in [6.07, 6.45) is 0. The number of benzene rings is 2. The molecule has 0 aliphatic heterocycles. The van der Waals surface area contributed by atoms with Crippen LogP contribution in [-0.4, -0.2) is 11.8 Å². The highest BCUT2D eigenvalue weighted by molar-refractivity contribution is 6.36. The fraction of sp³-hybridized carbons (Fsp3) is 0.0667. The quantitative estimate of drug-likeness (QED) is 0.849. The Bertz CT molecular complexity index is 797. The largest absolute Gasteiger partial charge is 0.324 e. The summed E-state index contributed by atoms with van der Waals surface area (Å²) in [6.45, 7) is 1.20. The zero-order valence-corrected chi connectivity index (χ0v) is 13.2. The summed E-state index contributed by atoms with van der Waals surface area (Å²) in [6, 6.07) is 5.79. The van der Waals surface area contributed by atoms with E-state index in [-0.39, 0.29) is 27.0 Å². The van der Waals surface area contributed by atoms with Gasteiger partial charge in [-0.2, -0.15) is 0 Å². The molecule has 0 saturated heterocycles. The molecule has 120 valence electrons. The van der Waals surface area contributed by atoms with Crippen LogP contribution in [0.2, 0.25) is 10.0 Å². The molecule has 2 aromatic carbocycles. The van der Waals surface area contributed by atoms with Crippen molar-refractivity contribution in [3.63, 3.8) is 0 Å². The van der Waals surface area contributed by atoms with E-state index >= 15 is 0 Å². The smallest absolute Gasteiger partial charge is 0.257 e. The maximum Gasteiger partial charge on any atom is 0.257 e. The van der Waals surface area contributed by atoms with Crippen LogP contribution in [0.25, 0.3) is 0 Å². The number of carbonyl (C=O) groups excluding carboxylic acids is 2. The summed E-state index contributed by atoms with van der Waals surface area (Å²) < 4.78 is 26.7. The van der Waals surface area contributed by atoms with E-state index in [1.807, 2.05) is 0 Å². The van der Waals surface area contributed by atoms with Crippen LogP contribution in [0.15, 0.2) is 30.3 Å². The zero-order valence-electron chi connectivity index (χ0n) is 11.7. The molecule has 0 unspecified atom stereocenters. The van der Waals surface area contributed by atoms with Gasteiger partial charge in [-0.3, -0.25) is 9.59 Å². The standard InChI is InChI=1S/C15H10Cl2F2N2O2/c1-7(22)20-13-5-11(18)12(19)6-14(13)21-15(23)9-4-8(16)2-3-10(9)17/h2-6H,1H3,(H,20,22)(H,21,23). The number of hydrogen-bond acceptors (Lipinski definition) is 2. The molecule has 2 aromatic rings. The summed E-state index contributed by atoms with van der Waals surface area (Å²) in [7, 11) is 0. The fourth-order valence-corrected chi connectivity index (χ4v) is 2.18. The van der Waals surface area contributed by atoms with E-state index in [0.29, 0.717) is 0 Å². The molecular weight excluding hydrogens is 349 g/mol. The molecule has 23 heavy (non-hydrogen) atoms. The van der Waals surface area contributed by atoms with Gasteiger partial charge in [-0.15, -0.1) is 0 Å². The Hall–Kier alpha value is -2.18. The number of amides is 2. The average molecular weight is 359 g/mol. The number of hydrogen-bond donors (Lipinski definition) is 2. The van der Waals surface area contributed by atoms with Crippen molar-refractivity contribution in [2.45, 2.75) is 6.92 Å². The molecule has 0 spiro atoms. The van der Waals surface area contributed by atoms with Crippen molar-refractivity contribution < 1.29 is 18.4 Å². The van der Waals surface area contributed by atoms with Gasteiger partial charge in [0, 0.05) is 24.1 Å².